The van der Waals surface area contributed by atoms with E-state index < -0.39 is 15.8 Å². The maximum Gasteiger partial charge on any atom is 0.262 e. The van der Waals surface area contributed by atoms with Gasteiger partial charge in [0, 0.05) is 12.7 Å². The number of anilines is 2. The Hall–Kier alpha value is -3.00. The standard InChI is InChI=1S/C19H19FN2O4S/c1-12-4-8-18(26-12)15-7-6-14(11-16(15)20)27(23,24)22-17-10-13(21-2)5-9-19(17)25-3/h4-11,21-22H,1-3H3. The van der Waals surface area contributed by atoms with Crippen molar-refractivity contribution in [3.8, 4) is 17.1 Å². The summed E-state index contributed by atoms with van der Waals surface area (Å²) in [5, 5.41) is 2.92. The number of nitrogens with one attached hydrogen (secondary N) is 2. The van der Waals surface area contributed by atoms with Crippen molar-refractivity contribution in [1.82, 2.24) is 0 Å². The van der Waals surface area contributed by atoms with Crippen LogP contribution in [0, 0.1) is 12.7 Å². The lowest BCUT2D eigenvalue weighted by atomic mass is 10.1. The quantitative estimate of drug-likeness (QED) is 0.658. The summed E-state index contributed by atoms with van der Waals surface area (Å²) in [6.07, 6.45) is 0. The third-order valence-electron chi connectivity index (χ3n) is 3.99. The summed E-state index contributed by atoms with van der Waals surface area (Å²) in [5.74, 6) is 0.633. The first-order valence-corrected chi connectivity index (χ1v) is 9.57. The largest absolute Gasteiger partial charge is 0.495 e. The number of ether oxygens (including phenoxy) is 1. The number of methoxy groups -OCH3 is 1. The van der Waals surface area contributed by atoms with Crippen LogP contribution in [0.5, 0.6) is 5.75 Å². The molecule has 0 aliphatic heterocycles. The highest BCUT2D eigenvalue weighted by molar-refractivity contribution is 7.92. The Morgan fingerprint density at radius 2 is 1.85 bits per heavy atom. The molecule has 27 heavy (non-hydrogen) atoms. The highest BCUT2D eigenvalue weighted by Gasteiger charge is 2.20. The summed E-state index contributed by atoms with van der Waals surface area (Å²) >= 11 is 0. The molecule has 0 fully saturated rings. The first-order chi connectivity index (χ1) is 12.8. The molecule has 6 nitrogen and oxygen atoms in total. The minimum absolute atomic E-state index is 0.191. The molecule has 2 aromatic carbocycles. The molecule has 3 rings (SSSR count). The number of halogens is 1. The van der Waals surface area contributed by atoms with Gasteiger partial charge < -0.3 is 14.5 Å². The maximum atomic E-state index is 14.5. The average molecular weight is 390 g/mol. The van der Waals surface area contributed by atoms with Crippen molar-refractivity contribution in [2.24, 2.45) is 0 Å². The van der Waals surface area contributed by atoms with Gasteiger partial charge in [-0.15, -0.1) is 0 Å². The van der Waals surface area contributed by atoms with Crippen molar-refractivity contribution in [2.45, 2.75) is 11.8 Å². The molecule has 0 spiro atoms. The van der Waals surface area contributed by atoms with Crippen molar-refractivity contribution in [3.63, 3.8) is 0 Å². The molecule has 0 saturated heterocycles. The molecule has 0 aliphatic rings. The summed E-state index contributed by atoms with van der Waals surface area (Å²) in [6, 6.07) is 12.0. The van der Waals surface area contributed by atoms with E-state index in [9.17, 15) is 12.8 Å². The highest BCUT2D eigenvalue weighted by Crippen LogP contribution is 2.31. The van der Waals surface area contributed by atoms with Crippen molar-refractivity contribution in [2.75, 3.05) is 24.2 Å². The number of rotatable bonds is 6. The monoisotopic (exact) mass is 390 g/mol. The van der Waals surface area contributed by atoms with Crippen LogP contribution in [-0.2, 0) is 10.0 Å². The third kappa shape index (κ3) is 3.90. The van der Waals surface area contributed by atoms with Gasteiger partial charge in [-0.2, -0.15) is 0 Å². The normalized spacial score (nSPS) is 11.3. The van der Waals surface area contributed by atoms with Crippen LogP contribution in [0.2, 0.25) is 0 Å². The molecule has 0 aliphatic carbocycles. The fourth-order valence-electron chi connectivity index (χ4n) is 2.59. The third-order valence-corrected chi connectivity index (χ3v) is 5.35. The summed E-state index contributed by atoms with van der Waals surface area (Å²) in [7, 11) is -0.866. The van der Waals surface area contributed by atoms with E-state index in [1.807, 2.05) is 0 Å². The van der Waals surface area contributed by atoms with Gasteiger partial charge in [0.05, 0.1) is 23.3 Å². The molecule has 8 heteroatoms. The van der Waals surface area contributed by atoms with Gasteiger partial charge in [-0.25, -0.2) is 12.8 Å². The number of furan rings is 1. The van der Waals surface area contributed by atoms with E-state index in [1.54, 1.807) is 44.3 Å². The molecule has 1 aromatic heterocycles. The van der Waals surface area contributed by atoms with E-state index in [4.69, 9.17) is 9.15 Å². The molecule has 0 saturated carbocycles. The Morgan fingerprint density at radius 3 is 2.44 bits per heavy atom. The van der Waals surface area contributed by atoms with E-state index in [0.29, 0.717) is 23.0 Å². The van der Waals surface area contributed by atoms with Crippen LogP contribution >= 0.6 is 0 Å². The molecule has 0 radical (unpaired) electrons. The summed E-state index contributed by atoms with van der Waals surface area (Å²) in [5.41, 5.74) is 1.13. The lowest BCUT2D eigenvalue weighted by molar-refractivity contribution is 0.417. The number of benzene rings is 2. The van der Waals surface area contributed by atoms with Crippen LogP contribution in [0.25, 0.3) is 11.3 Å². The fourth-order valence-corrected chi connectivity index (χ4v) is 3.66. The van der Waals surface area contributed by atoms with Crippen LogP contribution in [0.15, 0.2) is 57.8 Å². The Bertz CT molecular complexity index is 1080. The fraction of sp³-hybridized carbons (Fsp3) is 0.158. The van der Waals surface area contributed by atoms with Crippen LogP contribution in [0.4, 0.5) is 15.8 Å². The molecule has 0 bridgehead atoms. The molecule has 142 valence electrons. The zero-order valence-electron chi connectivity index (χ0n) is 15.0. The molecule has 0 amide bonds. The first kappa shape index (κ1) is 18.8. The van der Waals surface area contributed by atoms with E-state index >= 15 is 0 Å². The van der Waals surface area contributed by atoms with E-state index in [-0.39, 0.29) is 16.1 Å². The van der Waals surface area contributed by atoms with Crippen molar-refractivity contribution < 1.29 is 22.0 Å². The lowest BCUT2D eigenvalue weighted by Gasteiger charge is -2.14. The summed E-state index contributed by atoms with van der Waals surface area (Å²) < 4.78 is 52.9. The Balaban J connectivity index is 1.95. The zero-order chi connectivity index (χ0) is 19.6. The molecular weight excluding hydrogens is 371 g/mol. The van der Waals surface area contributed by atoms with Gasteiger partial charge in [0.25, 0.3) is 10.0 Å². The van der Waals surface area contributed by atoms with Gasteiger partial charge >= 0.3 is 0 Å². The summed E-state index contributed by atoms with van der Waals surface area (Å²) in [4.78, 5) is -0.205. The predicted octanol–water partition coefficient (Wildman–Crippen LogP) is 4.25. The van der Waals surface area contributed by atoms with Crippen LogP contribution in [-0.4, -0.2) is 22.6 Å². The molecule has 0 atom stereocenters. The average Bonchev–Trinajstić information content (AvgIpc) is 3.07. The van der Waals surface area contributed by atoms with Crippen LogP contribution in [0.1, 0.15) is 5.76 Å². The second-order valence-corrected chi connectivity index (χ2v) is 7.50. The van der Waals surface area contributed by atoms with Gasteiger partial charge in [-0.05, 0) is 55.5 Å². The van der Waals surface area contributed by atoms with E-state index in [1.165, 1.54) is 19.2 Å². The summed E-state index contributed by atoms with van der Waals surface area (Å²) in [6.45, 7) is 1.75. The van der Waals surface area contributed by atoms with Gasteiger partial charge in [-0.3, -0.25) is 4.72 Å². The molecule has 3 aromatic rings. The van der Waals surface area contributed by atoms with Gasteiger partial charge in [0.1, 0.15) is 23.1 Å². The first-order valence-electron chi connectivity index (χ1n) is 8.09. The Labute approximate surface area is 157 Å². The van der Waals surface area contributed by atoms with Crippen molar-refractivity contribution >= 4 is 21.4 Å². The van der Waals surface area contributed by atoms with Crippen molar-refractivity contribution in [1.29, 1.82) is 0 Å². The van der Waals surface area contributed by atoms with Gasteiger partial charge in [0.15, 0.2) is 0 Å². The zero-order valence-corrected chi connectivity index (χ0v) is 15.9. The molecule has 1 heterocycles. The Morgan fingerprint density at radius 1 is 1.07 bits per heavy atom. The SMILES string of the molecule is CNc1ccc(OC)c(NS(=O)(=O)c2ccc(-c3ccc(C)o3)c(F)c2)c1. The maximum absolute atomic E-state index is 14.5. The van der Waals surface area contributed by atoms with Crippen LogP contribution in [0.3, 0.4) is 0 Å². The smallest absolute Gasteiger partial charge is 0.262 e. The highest BCUT2D eigenvalue weighted by atomic mass is 32.2. The molecular formula is C19H19FN2O4S. The van der Waals surface area contributed by atoms with Gasteiger partial charge in [-0.1, -0.05) is 0 Å². The van der Waals surface area contributed by atoms with E-state index in [0.717, 1.165) is 6.07 Å². The Kier molecular flexibility index (Phi) is 5.09. The molecule has 0 unspecified atom stereocenters. The predicted molar refractivity (Wildman–Crippen MR) is 102 cm³/mol. The number of sulfonamides is 1. The molecule has 2 N–H and O–H groups in total. The minimum atomic E-state index is -4.02. The van der Waals surface area contributed by atoms with E-state index in [2.05, 4.69) is 10.0 Å². The minimum Gasteiger partial charge on any atom is -0.495 e. The second kappa shape index (κ2) is 7.32. The van der Waals surface area contributed by atoms with Crippen LogP contribution < -0.4 is 14.8 Å². The second-order valence-electron chi connectivity index (χ2n) is 5.82. The number of aryl methyl sites for hydroxylation is 1. The van der Waals surface area contributed by atoms with Crippen molar-refractivity contribution in [3.05, 3.63) is 60.1 Å². The lowest BCUT2D eigenvalue weighted by Crippen LogP contribution is -2.14. The number of hydrogen-bond donors (Lipinski definition) is 2. The topological polar surface area (TPSA) is 80.6 Å². The van der Waals surface area contributed by atoms with Gasteiger partial charge in [0.2, 0.25) is 0 Å². The number of hydrogen-bond acceptors (Lipinski definition) is 5.